The third kappa shape index (κ3) is 3.23. The first kappa shape index (κ1) is 15.1. The first-order valence-electron chi connectivity index (χ1n) is 7.38. The molecule has 1 aliphatic carbocycles. The van der Waals surface area contributed by atoms with Gasteiger partial charge in [-0.25, -0.2) is 9.59 Å². The summed E-state index contributed by atoms with van der Waals surface area (Å²) in [5, 5.41) is 14.7. The van der Waals surface area contributed by atoms with Gasteiger partial charge in [-0.05, 0) is 38.5 Å². The second-order valence-corrected chi connectivity index (χ2v) is 5.98. The number of aliphatic carboxylic acids is 1. The summed E-state index contributed by atoms with van der Waals surface area (Å²) in [6, 6.07) is -0.399. The lowest BCUT2D eigenvalue weighted by Gasteiger charge is -2.27. The molecule has 2 fully saturated rings. The summed E-state index contributed by atoms with van der Waals surface area (Å²) >= 11 is 0. The van der Waals surface area contributed by atoms with Crippen LogP contribution in [0.1, 0.15) is 39.5 Å². The van der Waals surface area contributed by atoms with Crippen LogP contribution in [-0.2, 0) is 9.53 Å². The van der Waals surface area contributed by atoms with Gasteiger partial charge in [-0.1, -0.05) is 6.92 Å². The van der Waals surface area contributed by atoms with Gasteiger partial charge in [0.15, 0.2) is 0 Å². The largest absolute Gasteiger partial charge is 0.480 e. The van der Waals surface area contributed by atoms with Gasteiger partial charge in [0.1, 0.15) is 5.54 Å². The number of carbonyl (C=O) groups is 2. The lowest BCUT2D eigenvalue weighted by molar-refractivity contribution is -0.144. The summed E-state index contributed by atoms with van der Waals surface area (Å²) in [4.78, 5) is 23.3. The average Bonchev–Trinajstić information content (AvgIpc) is 3.16. The van der Waals surface area contributed by atoms with Crippen LogP contribution in [0.25, 0.3) is 0 Å². The fourth-order valence-corrected chi connectivity index (χ4v) is 2.87. The Labute approximate surface area is 119 Å². The molecule has 3 atom stereocenters. The Morgan fingerprint density at radius 3 is 2.60 bits per heavy atom. The zero-order valence-electron chi connectivity index (χ0n) is 12.1. The standard InChI is InChI=1S/C14H24N2O4/c1-3-11-9(6-7-20-11)8-15-13(19)16-14(2,12(17)18)10-4-5-10/h9-11H,3-8H2,1-2H3,(H,17,18)(H2,15,16,19). The van der Waals surface area contributed by atoms with Crippen molar-refractivity contribution in [3.63, 3.8) is 0 Å². The molecule has 2 amide bonds. The average molecular weight is 284 g/mol. The molecule has 6 nitrogen and oxygen atoms in total. The van der Waals surface area contributed by atoms with E-state index in [2.05, 4.69) is 17.6 Å². The number of hydrogen-bond donors (Lipinski definition) is 3. The van der Waals surface area contributed by atoms with Crippen LogP contribution >= 0.6 is 0 Å². The molecule has 2 rings (SSSR count). The predicted molar refractivity (Wildman–Crippen MR) is 73.4 cm³/mol. The van der Waals surface area contributed by atoms with Crippen molar-refractivity contribution in [2.75, 3.05) is 13.2 Å². The predicted octanol–water partition coefficient (Wildman–Crippen LogP) is 1.35. The summed E-state index contributed by atoms with van der Waals surface area (Å²) in [6.07, 6.45) is 3.79. The van der Waals surface area contributed by atoms with Gasteiger partial charge in [0, 0.05) is 19.1 Å². The number of hydrogen-bond acceptors (Lipinski definition) is 3. The van der Waals surface area contributed by atoms with Crippen LogP contribution in [0.2, 0.25) is 0 Å². The lowest BCUT2D eigenvalue weighted by atomic mass is 9.96. The maximum atomic E-state index is 11.9. The Kier molecular flexibility index (Phi) is 4.52. The Hall–Kier alpha value is -1.30. The lowest BCUT2D eigenvalue weighted by Crippen LogP contribution is -2.57. The smallest absolute Gasteiger partial charge is 0.329 e. The van der Waals surface area contributed by atoms with Crippen molar-refractivity contribution in [2.24, 2.45) is 11.8 Å². The highest BCUT2D eigenvalue weighted by molar-refractivity contribution is 5.86. The molecule has 1 heterocycles. The van der Waals surface area contributed by atoms with Crippen molar-refractivity contribution in [3.05, 3.63) is 0 Å². The van der Waals surface area contributed by atoms with Crippen LogP contribution in [0.4, 0.5) is 4.79 Å². The van der Waals surface area contributed by atoms with E-state index in [0.717, 1.165) is 32.3 Å². The third-order valence-corrected chi connectivity index (χ3v) is 4.48. The molecule has 3 unspecified atom stereocenters. The van der Waals surface area contributed by atoms with Crippen molar-refractivity contribution in [3.8, 4) is 0 Å². The van der Waals surface area contributed by atoms with E-state index in [1.54, 1.807) is 6.92 Å². The number of nitrogens with one attached hydrogen (secondary N) is 2. The minimum Gasteiger partial charge on any atom is -0.480 e. The zero-order chi connectivity index (χ0) is 14.8. The van der Waals surface area contributed by atoms with Gasteiger partial charge in [-0.15, -0.1) is 0 Å². The third-order valence-electron chi connectivity index (χ3n) is 4.48. The maximum Gasteiger partial charge on any atom is 0.329 e. The van der Waals surface area contributed by atoms with E-state index in [1.165, 1.54) is 0 Å². The quantitative estimate of drug-likeness (QED) is 0.687. The first-order valence-corrected chi connectivity index (χ1v) is 7.38. The molecule has 0 aromatic heterocycles. The van der Waals surface area contributed by atoms with Crippen LogP contribution in [0.15, 0.2) is 0 Å². The van der Waals surface area contributed by atoms with E-state index in [9.17, 15) is 14.7 Å². The Bertz CT molecular complexity index is 383. The van der Waals surface area contributed by atoms with Crippen molar-refractivity contribution in [1.82, 2.24) is 10.6 Å². The fraction of sp³-hybridized carbons (Fsp3) is 0.857. The van der Waals surface area contributed by atoms with Crippen LogP contribution in [0, 0.1) is 11.8 Å². The normalized spacial score (nSPS) is 28.7. The Morgan fingerprint density at radius 1 is 1.35 bits per heavy atom. The topological polar surface area (TPSA) is 87.7 Å². The highest BCUT2D eigenvalue weighted by Gasteiger charge is 2.48. The molecule has 6 heteroatoms. The molecular formula is C14H24N2O4. The molecule has 0 bridgehead atoms. The van der Waals surface area contributed by atoms with Crippen LogP contribution in [0.5, 0.6) is 0 Å². The van der Waals surface area contributed by atoms with E-state index in [4.69, 9.17) is 4.74 Å². The van der Waals surface area contributed by atoms with E-state index >= 15 is 0 Å². The molecular weight excluding hydrogens is 260 g/mol. The molecule has 114 valence electrons. The monoisotopic (exact) mass is 284 g/mol. The molecule has 20 heavy (non-hydrogen) atoms. The van der Waals surface area contributed by atoms with Crippen LogP contribution in [0.3, 0.4) is 0 Å². The number of amides is 2. The van der Waals surface area contributed by atoms with Gasteiger partial charge < -0.3 is 20.5 Å². The molecule has 1 saturated heterocycles. The van der Waals surface area contributed by atoms with E-state index in [-0.39, 0.29) is 12.0 Å². The van der Waals surface area contributed by atoms with Crippen molar-refractivity contribution in [1.29, 1.82) is 0 Å². The molecule has 3 N–H and O–H groups in total. The highest BCUT2D eigenvalue weighted by Crippen LogP contribution is 2.39. The van der Waals surface area contributed by atoms with E-state index in [0.29, 0.717) is 12.5 Å². The molecule has 0 spiro atoms. The molecule has 0 aromatic carbocycles. The minimum atomic E-state index is -1.15. The summed E-state index contributed by atoms with van der Waals surface area (Å²) in [6.45, 7) is 4.92. The van der Waals surface area contributed by atoms with Gasteiger partial charge in [0.2, 0.25) is 0 Å². The second-order valence-electron chi connectivity index (χ2n) is 5.98. The maximum absolute atomic E-state index is 11.9. The van der Waals surface area contributed by atoms with Crippen LogP contribution in [-0.4, -0.2) is 41.9 Å². The SMILES string of the molecule is CCC1OCCC1CNC(=O)NC(C)(C(=O)O)C1CC1. The van der Waals surface area contributed by atoms with E-state index < -0.39 is 17.5 Å². The van der Waals surface area contributed by atoms with Gasteiger partial charge in [0.05, 0.1) is 6.10 Å². The number of rotatable bonds is 6. The summed E-state index contributed by atoms with van der Waals surface area (Å²) < 4.78 is 5.57. The molecule has 2 aliphatic rings. The fourth-order valence-electron chi connectivity index (χ4n) is 2.87. The number of ether oxygens (including phenoxy) is 1. The van der Waals surface area contributed by atoms with Gasteiger partial charge in [0.25, 0.3) is 0 Å². The number of carboxylic acid groups (broad SMARTS) is 1. The molecule has 0 aromatic rings. The number of carboxylic acids is 1. The number of carbonyl (C=O) groups excluding carboxylic acids is 1. The van der Waals surface area contributed by atoms with Crippen molar-refractivity contribution in [2.45, 2.75) is 51.2 Å². The first-order chi connectivity index (χ1) is 9.47. The Morgan fingerprint density at radius 2 is 2.05 bits per heavy atom. The van der Waals surface area contributed by atoms with Crippen molar-refractivity contribution >= 4 is 12.0 Å². The summed E-state index contributed by atoms with van der Waals surface area (Å²) in [5.41, 5.74) is -1.15. The van der Waals surface area contributed by atoms with Crippen LogP contribution < -0.4 is 10.6 Å². The van der Waals surface area contributed by atoms with Crippen molar-refractivity contribution < 1.29 is 19.4 Å². The minimum absolute atomic E-state index is 0.0453. The van der Waals surface area contributed by atoms with E-state index in [1.807, 2.05) is 0 Å². The molecule has 0 radical (unpaired) electrons. The second kappa shape index (κ2) is 5.99. The zero-order valence-corrected chi connectivity index (χ0v) is 12.1. The Balaban J connectivity index is 1.81. The van der Waals surface area contributed by atoms with Gasteiger partial charge in [-0.2, -0.15) is 0 Å². The molecule has 1 aliphatic heterocycles. The molecule has 1 saturated carbocycles. The van der Waals surface area contributed by atoms with Gasteiger partial charge in [-0.3, -0.25) is 0 Å². The summed E-state index contributed by atoms with van der Waals surface area (Å²) in [7, 11) is 0. The van der Waals surface area contributed by atoms with Gasteiger partial charge >= 0.3 is 12.0 Å². The number of urea groups is 1. The highest BCUT2D eigenvalue weighted by atomic mass is 16.5. The summed E-state index contributed by atoms with van der Waals surface area (Å²) in [5.74, 6) is -0.600.